The topological polar surface area (TPSA) is 147 Å². The minimum Gasteiger partial charge on any atom is -0.376 e. The molecule has 0 bridgehead atoms. The number of hydrogen-bond acceptors (Lipinski definition) is 6. The van der Waals surface area contributed by atoms with Gasteiger partial charge in [0.05, 0.1) is 11.3 Å². The summed E-state index contributed by atoms with van der Waals surface area (Å²) in [6.07, 6.45) is -1.88. The number of Topliss-reactive ketones (excluding diaryl/α,β-unsaturated/α-hetero) is 1. The number of carbonyl (C=O) groups is 3. The number of halogens is 1. The van der Waals surface area contributed by atoms with Crippen LogP contribution in [0.5, 0.6) is 0 Å². The van der Waals surface area contributed by atoms with E-state index in [9.17, 15) is 22.8 Å². The Kier molecular flexibility index (Phi) is 5.58. The summed E-state index contributed by atoms with van der Waals surface area (Å²) in [6, 6.07) is 3.83. The van der Waals surface area contributed by atoms with Crippen molar-refractivity contribution in [2.24, 2.45) is 10.9 Å². The number of rotatable bonds is 5. The van der Waals surface area contributed by atoms with Crippen LogP contribution in [-0.4, -0.2) is 26.3 Å². The lowest BCUT2D eigenvalue weighted by Gasteiger charge is -2.05. The van der Waals surface area contributed by atoms with Crippen LogP contribution in [0.4, 0.5) is 4.79 Å². The zero-order valence-electron chi connectivity index (χ0n) is 10.5. The fourth-order valence-corrected chi connectivity index (χ4v) is 2.97. The number of esters is 1. The first-order valence-corrected chi connectivity index (χ1v) is 7.81. The van der Waals surface area contributed by atoms with Crippen molar-refractivity contribution in [3.63, 3.8) is 0 Å². The maximum atomic E-state index is 11.9. The van der Waals surface area contributed by atoms with Crippen LogP contribution in [0.2, 0.25) is 0 Å². The molecule has 1 rings (SSSR count). The molecule has 4 N–H and O–H groups in total. The smallest absolute Gasteiger partial charge is 0.376 e. The second kappa shape index (κ2) is 6.78. The molecule has 0 spiro atoms. The zero-order chi connectivity index (χ0) is 16.2. The molecule has 0 unspecified atom stereocenters. The fraction of sp³-hybridized carbons (Fsp3) is 0.182. The molecule has 0 aliphatic carbocycles. The summed E-state index contributed by atoms with van der Waals surface area (Å²) in [5.41, 5.74) is 4.71. The van der Waals surface area contributed by atoms with Crippen molar-refractivity contribution < 1.29 is 27.5 Å². The third kappa shape index (κ3) is 5.25. The predicted octanol–water partition coefficient (Wildman–Crippen LogP) is 0.681. The van der Waals surface area contributed by atoms with Crippen molar-refractivity contribution in [1.29, 1.82) is 0 Å². The predicted molar refractivity (Wildman–Crippen MR) is 74.8 cm³/mol. The standard InChI is InChI=1S/C11H11BrN2O6S/c12-7-2-1-6(5-9(7)21(14,18)19)8(15)3-4-10(16)20-11(13)17/h1-2,5H,3-4H2,(H2,13,17)(H2,14,18,19). The van der Waals surface area contributed by atoms with Crippen LogP contribution in [0.15, 0.2) is 27.6 Å². The number of benzene rings is 1. The second-order valence-electron chi connectivity index (χ2n) is 3.91. The van der Waals surface area contributed by atoms with E-state index >= 15 is 0 Å². The molecule has 0 saturated heterocycles. The lowest BCUT2D eigenvalue weighted by atomic mass is 10.1. The van der Waals surface area contributed by atoms with Crippen molar-refractivity contribution in [2.45, 2.75) is 17.7 Å². The Balaban J connectivity index is 2.85. The number of hydrogen-bond donors (Lipinski definition) is 2. The maximum Gasteiger partial charge on any atom is 0.412 e. The molecule has 0 aliphatic heterocycles. The van der Waals surface area contributed by atoms with Gasteiger partial charge in [0.1, 0.15) is 0 Å². The first kappa shape index (κ1) is 17.3. The number of ketones is 1. The number of ether oxygens (including phenoxy) is 1. The third-order valence-corrected chi connectivity index (χ3v) is 4.24. The molecule has 8 nitrogen and oxygen atoms in total. The Morgan fingerprint density at radius 2 is 1.81 bits per heavy atom. The van der Waals surface area contributed by atoms with E-state index in [2.05, 4.69) is 26.4 Å². The molecule has 21 heavy (non-hydrogen) atoms. The minimum absolute atomic E-state index is 0.0640. The summed E-state index contributed by atoms with van der Waals surface area (Å²) in [4.78, 5) is 33.0. The number of carbonyl (C=O) groups excluding carboxylic acids is 3. The number of primary sulfonamides is 1. The average Bonchev–Trinajstić information content (AvgIpc) is 2.34. The molecule has 1 aromatic carbocycles. The van der Waals surface area contributed by atoms with Gasteiger partial charge in [0.15, 0.2) is 5.78 Å². The minimum atomic E-state index is -3.99. The number of nitrogens with two attached hydrogens (primary N) is 2. The van der Waals surface area contributed by atoms with Crippen LogP contribution in [0, 0.1) is 0 Å². The first-order valence-electron chi connectivity index (χ1n) is 5.47. The quantitative estimate of drug-likeness (QED) is 0.437. The highest BCUT2D eigenvalue weighted by Crippen LogP contribution is 2.23. The van der Waals surface area contributed by atoms with E-state index in [-0.39, 0.29) is 27.8 Å². The zero-order valence-corrected chi connectivity index (χ0v) is 12.9. The molecular weight excluding hydrogens is 368 g/mol. The van der Waals surface area contributed by atoms with E-state index in [4.69, 9.17) is 5.14 Å². The summed E-state index contributed by atoms with van der Waals surface area (Å²) in [6.45, 7) is 0. The molecule has 0 fully saturated rings. The van der Waals surface area contributed by atoms with Crippen molar-refractivity contribution >= 4 is 43.8 Å². The van der Waals surface area contributed by atoms with Crippen molar-refractivity contribution in [1.82, 2.24) is 0 Å². The van der Waals surface area contributed by atoms with Gasteiger partial charge in [-0.25, -0.2) is 18.4 Å². The molecule has 1 amide bonds. The van der Waals surface area contributed by atoms with E-state index in [0.717, 1.165) is 6.07 Å². The Hall–Kier alpha value is -1.78. The normalized spacial score (nSPS) is 11.0. The molecule has 0 atom stereocenters. The maximum absolute atomic E-state index is 11.9. The highest BCUT2D eigenvalue weighted by molar-refractivity contribution is 9.10. The van der Waals surface area contributed by atoms with Gasteiger partial charge < -0.3 is 10.5 Å². The first-order chi connectivity index (χ1) is 9.61. The van der Waals surface area contributed by atoms with Crippen LogP contribution in [0.1, 0.15) is 23.2 Å². The molecule has 1 aromatic rings. The Labute approximate surface area is 128 Å². The monoisotopic (exact) mass is 378 g/mol. The fourth-order valence-electron chi connectivity index (χ4n) is 1.42. The van der Waals surface area contributed by atoms with Gasteiger partial charge in [-0.1, -0.05) is 6.07 Å². The van der Waals surface area contributed by atoms with Gasteiger partial charge in [0.2, 0.25) is 10.0 Å². The molecule has 0 aliphatic rings. The molecule has 0 radical (unpaired) electrons. The Bertz CT molecular complexity index is 701. The highest BCUT2D eigenvalue weighted by Gasteiger charge is 2.17. The molecular formula is C11H11BrN2O6S. The largest absolute Gasteiger partial charge is 0.412 e. The lowest BCUT2D eigenvalue weighted by Crippen LogP contribution is -2.19. The molecule has 0 heterocycles. The van der Waals surface area contributed by atoms with Gasteiger partial charge in [-0.3, -0.25) is 9.59 Å². The molecule has 0 aromatic heterocycles. The average molecular weight is 379 g/mol. The summed E-state index contributed by atoms with van der Waals surface area (Å²) < 4.78 is 26.9. The van der Waals surface area contributed by atoms with Gasteiger partial charge in [0, 0.05) is 16.5 Å². The summed E-state index contributed by atoms with van der Waals surface area (Å²) in [5, 5.41) is 5.01. The van der Waals surface area contributed by atoms with E-state index in [1.807, 2.05) is 0 Å². The van der Waals surface area contributed by atoms with Gasteiger partial charge >= 0.3 is 12.1 Å². The summed E-state index contributed by atoms with van der Waals surface area (Å²) in [5.74, 6) is -1.45. The van der Waals surface area contributed by atoms with E-state index in [0.29, 0.717) is 0 Å². The van der Waals surface area contributed by atoms with Gasteiger partial charge in [-0.15, -0.1) is 0 Å². The SMILES string of the molecule is NC(=O)OC(=O)CCC(=O)c1ccc(Br)c(S(N)(=O)=O)c1. The summed E-state index contributed by atoms with van der Waals surface area (Å²) >= 11 is 3.01. The second-order valence-corrected chi connectivity index (χ2v) is 6.29. The van der Waals surface area contributed by atoms with E-state index < -0.39 is 27.9 Å². The number of sulfonamides is 1. The van der Waals surface area contributed by atoms with Crippen molar-refractivity contribution in [2.75, 3.05) is 0 Å². The third-order valence-electron chi connectivity index (χ3n) is 2.33. The summed E-state index contributed by atoms with van der Waals surface area (Å²) in [7, 11) is -3.99. The molecule has 114 valence electrons. The van der Waals surface area contributed by atoms with Crippen LogP contribution >= 0.6 is 15.9 Å². The van der Waals surface area contributed by atoms with Gasteiger partial charge in [-0.05, 0) is 28.1 Å². The van der Waals surface area contributed by atoms with Crippen LogP contribution < -0.4 is 10.9 Å². The van der Waals surface area contributed by atoms with Crippen LogP contribution in [0.25, 0.3) is 0 Å². The van der Waals surface area contributed by atoms with E-state index in [1.54, 1.807) is 0 Å². The van der Waals surface area contributed by atoms with E-state index in [1.165, 1.54) is 12.1 Å². The van der Waals surface area contributed by atoms with Gasteiger partial charge in [-0.2, -0.15) is 0 Å². The Morgan fingerprint density at radius 1 is 1.19 bits per heavy atom. The van der Waals surface area contributed by atoms with Crippen molar-refractivity contribution in [3.05, 3.63) is 28.2 Å². The highest BCUT2D eigenvalue weighted by atomic mass is 79.9. The Morgan fingerprint density at radius 3 is 2.33 bits per heavy atom. The lowest BCUT2D eigenvalue weighted by molar-refractivity contribution is -0.137. The number of primary amides is 1. The van der Waals surface area contributed by atoms with Crippen LogP contribution in [-0.2, 0) is 19.6 Å². The van der Waals surface area contributed by atoms with Gasteiger partial charge in [0.25, 0.3) is 0 Å². The molecule has 0 saturated carbocycles. The molecule has 10 heteroatoms. The van der Waals surface area contributed by atoms with Crippen LogP contribution in [0.3, 0.4) is 0 Å². The number of amides is 1. The van der Waals surface area contributed by atoms with Crippen molar-refractivity contribution in [3.8, 4) is 0 Å².